The van der Waals surface area contributed by atoms with E-state index in [1.807, 2.05) is 0 Å². The molecule has 158 valence electrons. The maximum atomic E-state index is 13.2. The minimum Gasteiger partial charge on any atom is -0.339 e. The number of carbonyl (C=O) groups excluding carboxylic acids is 1. The molecule has 1 amide bonds. The highest BCUT2D eigenvalue weighted by molar-refractivity contribution is 7.89. The number of halogens is 1. The van der Waals surface area contributed by atoms with Crippen LogP contribution in [0.1, 0.15) is 23.9 Å². The topological polar surface area (TPSA) is 114 Å². The van der Waals surface area contributed by atoms with Crippen LogP contribution in [0.15, 0.2) is 45.8 Å². The second-order valence-corrected chi connectivity index (χ2v) is 8.59. The first kappa shape index (κ1) is 21.6. The third-order valence-electron chi connectivity index (χ3n) is 4.43. The van der Waals surface area contributed by atoms with Gasteiger partial charge in [-0.05, 0) is 56.2 Å². The zero-order valence-corrected chi connectivity index (χ0v) is 17.7. The first-order chi connectivity index (χ1) is 14.1. The van der Waals surface area contributed by atoms with E-state index in [0.717, 1.165) is 0 Å². The lowest BCUT2D eigenvalue weighted by molar-refractivity contribution is -0.117. The highest BCUT2D eigenvalue weighted by Crippen LogP contribution is 2.23. The van der Waals surface area contributed by atoms with Crippen LogP contribution in [0.25, 0.3) is 11.4 Å². The monoisotopic (exact) mass is 432 g/mol. The van der Waals surface area contributed by atoms with E-state index in [9.17, 15) is 17.6 Å². The van der Waals surface area contributed by atoms with Gasteiger partial charge in [-0.25, -0.2) is 12.8 Å². The Morgan fingerprint density at radius 3 is 2.47 bits per heavy atom. The maximum Gasteiger partial charge on any atom is 0.242 e. The normalized spacial score (nSPS) is 12.6. The molecule has 2 aromatic carbocycles. The van der Waals surface area contributed by atoms with Gasteiger partial charge >= 0.3 is 0 Å². The van der Waals surface area contributed by atoms with Crippen molar-refractivity contribution in [2.75, 3.05) is 5.32 Å². The Labute approximate surface area is 173 Å². The number of aromatic nitrogens is 2. The van der Waals surface area contributed by atoms with E-state index in [2.05, 4.69) is 20.2 Å². The number of sulfonamides is 1. The Hall–Kier alpha value is -3.11. The minimum absolute atomic E-state index is 0.0000609. The minimum atomic E-state index is -4.03. The lowest BCUT2D eigenvalue weighted by Crippen LogP contribution is -2.41. The molecule has 1 atom stereocenters. The SMILES string of the molecule is Cc1nc(-c2ccc(C)c(S(=O)(=O)N[C@@H](C)C(=O)Nc3ccc(F)cc3C)c2)no1. The Bertz CT molecular complexity index is 1210. The molecular weight excluding hydrogens is 411 g/mol. The van der Waals surface area contributed by atoms with Gasteiger partial charge in [0.2, 0.25) is 27.6 Å². The van der Waals surface area contributed by atoms with Gasteiger partial charge in [0.25, 0.3) is 0 Å². The number of nitrogens with one attached hydrogen (secondary N) is 2. The summed E-state index contributed by atoms with van der Waals surface area (Å²) in [4.78, 5) is 16.6. The molecule has 1 aromatic heterocycles. The number of hydrogen-bond donors (Lipinski definition) is 2. The molecule has 0 spiro atoms. The summed E-state index contributed by atoms with van der Waals surface area (Å²) in [5.74, 6) is -0.377. The molecular formula is C20H21FN4O4S. The van der Waals surface area contributed by atoms with Crippen LogP contribution in [0.3, 0.4) is 0 Å². The lowest BCUT2D eigenvalue weighted by atomic mass is 10.1. The van der Waals surface area contributed by atoms with Crippen molar-refractivity contribution in [2.45, 2.75) is 38.6 Å². The second kappa shape index (κ2) is 8.33. The van der Waals surface area contributed by atoms with Crippen LogP contribution in [0.2, 0.25) is 0 Å². The van der Waals surface area contributed by atoms with Crippen molar-refractivity contribution in [1.29, 1.82) is 0 Å². The maximum absolute atomic E-state index is 13.2. The summed E-state index contributed by atoms with van der Waals surface area (Å²) < 4.78 is 46.4. The molecule has 0 aliphatic carbocycles. The predicted molar refractivity (Wildman–Crippen MR) is 109 cm³/mol. The molecule has 30 heavy (non-hydrogen) atoms. The fourth-order valence-electron chi connectivity index (χ4n) is 2.80. The van der Waals surface area contributed by atoms with Crippen LogP contribution in [0.4, 0.5) is 10.1 Å². The van der Waals surface area contributed by atoms with Gasteiger partial charge in [0.1, 0.15) is 5.82 Å². The first-order valence-electron chi connectivity index (χ1n) is 9.07. The van der Waals surface area contributed by atoms with Crippen LogP contribution in [-0.4, -0.2) is 30.5 Å². The van der Waals surface area contributed by atoms with E-state index in [1.54, 1.807) is 32.9 Å². The van der Waals surface area contributed by atoms with Gasteiger partial charge in [0.05, 0.1) is 10.9 Å². The van der Waals surface area contributed by atoms with E-state index in [4.69, 9.17) is 4.52 Å². The van der Waals surface area contributed by atoms with Gasteiger partial charge in [0.15, 0.2) is 0 Å². The first-order valence-corrected chi connectivity index (χ1v) is 10.6. The fraction of sp³-hybridized carbons (Fsp3) is 0.250. The summed E-state index contributed by atoms with van der Waals surface area (Å²) in [6, 6.07) is 7.58. The van der Waals surface area contributed by atoms with E-state index in [1.165, 1.54) is 31.2 Å². The molecule has 10 heteroatoms. The Morgan fingerprint density at radius 2 is 1.83 bits per heavy atom. The number of benzene rings is 2. The number of hydrogen-bond acceptors (Lipinski definition) is 6. The molecule has 0 bridgehead atoms. The fourth-order valence-corrected chi connectivity index (χ4v) is 4.28. The van der Waals surface area contributed by atoms with Crippen molar-refractivity contribution in [3.8, 4) is 11.4 Å². The van der Waals surface area contributed by atoms with Crippen LogP contribution < -0.4 is 10.0 Å². The largest absolute Gasteiger partial charge is 0.339 e. The summed E-state index contributed by atoms with van der Waals surface area (Å²) in [5.41, 5.74) is 1.89. The summed E-state index contributed by atoms with van der Waals surface area (Å²) >= 11 is 0. The standard InChI is InChI=1S/C20H21FN4O4S/c1-11-5-6-15(19-22-14(4)29-24-19)10-18(11)30(27,28)25-13(3)20(26)23-17-8-7-16(21)9-12(17)2/h5-10,13,25H,1-4H3,(H,23,26)/t13-/m0/s1. The van der Waals surface area contributed by atoms with Gasteiger partial charge < -0.3 is 9.84 Å². The average Bonchev–Trinajstić information content (AvgIpc) is 3.10. The van der Waals surface area contributed by atoms with Crippen LogP contribution in [-0.2, 0) is 14.8 Å². The molecule has 0 aliphatic rings. The third kappa shape index (κ3) is 4.71. The van der Waals surface area contributed by atoms with E-state index < -0.39 is 27.8 Å². The van der Waals surface area contributed by atoms with E-state index >= 15 is 0 Å². The molecule has 0 saturated heterocycles. The molecule has 0 radical (unpaired) electrons. The molecule has 2 N–H and O–H groups in total. The second-order valence-electron chi connectivity index (χ2n) is 6.91. The molecule has 0 unspecified atom stereocenters. The highest BCUT2D eigenvalue weighted by atomic mass is 32.2. The molecule has 0 aliphatic heterocycles. The van der Waals surface area contributed by atoms with E-state index in [-0.39, 0.29) is 10.7 Å². The molecule has 3 rings (SSSR count). The van der Waals surface area contributed by atoms with Crippen LogP contribution >= 0.6 is 0 Å². The van der Waals surface area contributed by atoms with Gasteiger partial charge in [-0.2, -0.15) is 9.71 Å². The summed E-state index contributed by atoms with van der Waals surface area (Å²) in [5, 5.41) is 6.40. The van der Waals surface area contributed by atoms with Gasteiger partial charge in [-0.3, -0.25) is 4.79 Å². The smallest absolute Gasteiger partial charge is 0.242 e. The van der Waals surface area contributed by atoms with Crippen molar-refractivity contribution < 1.29 is 22.1 Å². The number of amides is 1. The van der Waals surface area contributed by atoms with Gasteiger partial charge in [-0.15, -0.1) is 0 Å². The molecule has 0 fully saturated rings. The average molecular weight is 432 g/mol. The molecule has 8 nitrogen and oxygen atoms in total. The number of aryl methyl sites for hydroxylation is 3. The van der Waals surface area contributed by atoms with Crippen molar-refractivity contribution in [3.05, 3.63) is 59.2 Å². The van der Waals surface area contributed by atoms with Crippen LogP contribution in [0.5, 0.6) is 0 Å². The number of nitrogens with zero attached hydrogens (tertiary/aromatic N) is 2. The van der Waals surface area contributed by atoms with Crippen LogP contribution in [0, 0.1) is 26.6 Å². The lowest BCUT2D eigenvalue weighted by Gasteiger charge is -2.17. The molecule has 3 aromatic rings. The molecule has 1 heterocycles. The number of anilines is 1. The Kier molecular flexibility index (Phi) is 5.99. The Balaban J connectivity index is 1.80. The highest BCUT2D eigenvalue weighted by Gasteiger charge is 2.25. The summed E-state index contributed by atoms with van der Waals surface area (Å²) in [6.07, 6.45) is 0. The van der Waals surface area contributed by atoms with Crippen molar-refractivity contribution in [2.24, 2.45) is 0 Å². The molecule has 0 saturated carbocycles. The zero-order chi connectivity index (χ0) is 22.1. The Morgan fingerprint density at radius 1 is 1.10 bits per heavy atom. The zero-order valence-electron chi connectivity index (χ0n) is 16.9. The van der Waals surface area contributed by atoms with Crippen molar-refractivity contribution in [3.63, 3.8) is 0 Å². The van der Waals surface area contributed by atoms with Crippen molar-refractivity contribution in [1.82, 2.24) is 14.9 Å². The third-order valence-corrected chi connectivity index (χ3v) is 6.12. The van der Waals surface area contributed by atoms with Gasteiger partial charge in [-0.1, -0.05) is 17.3 Å². The number of carbonyl (C=O) groups is 1. The summed E-state index contributed by atoms with van der Waals surface area (Å²) in [6.45, 7) is 6.34. The van der Waals surface area contributed by atoms with Gasteiger partial charge in [0, 0.05) is 18.2 Å². The predicted octanol–water partition coefficient (Wildman–Crippen LogP) is 3.11. The summed E-state index contributed by atoms with van der Waals surface area (Å²) in [7, 11) is -4.03. The number of rotatable bonds is 6. The van der Waals surface area contributed by atoms with E-state index in [0.29, 0.717) is 28.3 Å². The quantitative estimate of drug-likeness (QED) is 0.619. The van der Waals surface area contributed by atoms with Crippen molar-refractivity contribution >= 4 is 21.6 Å².